The molecule has 1 fully saturated rings. The van der Waals surface area contributed by atoms with E-state index in [0.717, 1.165) is 19.4 Å². The summed E-state index contributed by atoms with van der Waals surface area (Å²) in [7, 11) is 1.60. The van der Waals surface area contributed by atoms with Crippen molar-refractivity contribution in [3.63, 3.8) is 0 Å². The van der Waals surface area contributed by atoms with Gasteiger partial charge in [0.2, 0.25) is 0 Å². The summed E-state index contributed by atoms with van der Waals surface area (Å²) >= 11 is 1.72. The number of methoxy groups -OCH3 is 1. The second-order valence-electron chi connectivity index (χ2n) is 4.87. The molecule has 1 aromatic carbocycles. The number of amides is 1. The van der Waals surface area contributed by atoms with Crippen LogP contribution in [0.2, 0.25) is 0 Å². The average molecular weight is 287 g/mol. The molecule has 0 radical (unpaired) electrons. The monoisotopic (exact) mass is 287 g/mol. The largest absolute Gasteiger partial charge is 0.496 e. The summed E-state index contributed by atoms with van der Waals surface area (Å²) in [6.07, 6.45) is 2.10. The number of carbonyl (C=O) groups is 1. The van der Waals surface area contributed by atoms with Crippen molar-refractivity contribution in [3.8, 4) is 5.75 Å². The second kappa shape index (κ2) is 5.67. The zero-order chi connectivity index (χ0) is 13.9. The SMILES string of the molecule is COc1ccccc1C(=O)N1CCCC1c1cccs1. The fourth-order valence-electron chi connectivity index (χ4n) is 2.76. The Kier molecular flexibility index (Phi) is 3.74. The summed E-state index contributed by atoms with van der Waals surface area (Å²) in [5, 5.41) is 2.07. The van der Waals surface area contributed by atoms with Crippen molar-refractivity contribution in [1.29, 1.82) is 0 Å². The van der Waals surface area contributed by atoms with Crippen LogP contribution in [0.4, 0.5) is 0 Å². The lowest BCUT2D eigenvalue weighted by Gasteiger charge is -2.24. The Balaban J connectivity index is 1.90. The molecule has 1 saturated heterocycles. The minimum Gasteiger partial charge on any atom is -0.496 e. The van der Waals surface area contributed by atoms with Gasteiger partial charge in [0.25, 0.3) is 5.91 Å². The Bertz CT molecular complexity index is 594. The molecule has 2 aromatic rings. The lowest BCUT2D eigenvalue weighted by atomic mass is 10.1. The summed E-state index contributed by atoms with van der Waals surface area (Å²) in [6.45, 7) is 0.819. The van der Waals surface area contributed by atoms with Gasteiger partial charge in [0, 0.05) is 11.4 Å². The molecule has 0 aliphatic carbocycles. The fraction of sp³-hybridized carbons (Fsp3) is 0.312. The number of benzene rings is 1. The first-order valence-corrected chi connectivity index (χ1v) is 7.66. The highest BCUT2D eigenvalue weighted by molar-refractivity contribution is 7.10. The Hall–Kier alpha value is -1.81. The van der Waals surface area contributed by atoms with Gasteiger partial charge in [-0.3, -0.25) is 4.79 Å². The van der Waals surface area contributed by atoms with E-state index in [1.165, 1.54) is 4.88 Å². The highest BCUT2D eigenvalue weighted by Crippen LogP contribution is 2.36. The maximum Gasteiger partial charge on any atom is 0.258 e. The van der Waals surface area contributed by atoms with Gasteiger partial charge in [-0.05, 0) is 36.4 Å². The molecule has 1 atom stereocenters. The maximum atomic E-state index is 12.8. The van der Waals surface area contributed by atoms with Crippen molar-refractivity contribution in [1.82, 2.24) is 4.90 Å². The first-order chi connectivity index (χ1) is 9.81. The van der Waals surface area contributed by atoms with Crippen LogP contribution in [0, 0.1) is 0 Å². The molecule has 1 aliphatic heterocycles. The molecule has 1 unspecified atom stereocenters. The quantitative estimate of drug-likeness (QED) is 0.860. The van der Waals surface area contributed by atoms with Crippen LogP contribution in [0.3, 0.4) is 0 Å². The molecular formula is C16H17NO2S. The van der Waals surface area contributed by atoms with Gasteiger partial charge in [0.05, 0.1) is 18.7 Å². The zero-order valence-corrected chi connectivity index (χ0v) is 12.2. The third-order valence-corrected chi connectivity index (χ3v) is 4.70. The van der Waals surface area contributed by atoms with Gasteiger partial charge in [0.15, 0.2) is 0 Å². The van der Waals surface area contributed by atoms with E-state index in [2.05, 4.69) is 11.4 Å². The van der Waals surface area contributed by atoms with Crippen molar-refractivity contribution in [2.75, 3.05) is 13.7 Å². The van der Waals surface area contributed by atoms with E-state index in [-0.39, 0.29) is 11.9 Å². The molecule has 0 spiro atoms. The fourth-order valence-corrected chi connectivity index (χ4v) is 3.64. The predicted molar refractivity (Wildman–Crippen MR) is 80.3 cm³/mol. The zero-order valence-electron chi connectivity index (χ0n) is 11.4. The molecule has 0 N–H and O–H groups in total. The van der Waals surface area contributed by atoms with Crippen LogP contribution in [-0.2, 0) is 0 Å². The van der Waals surface area contributed by atoms with E-state index < -0.39 is 0 Å². The molecule has 3 nitrogen and oxygen atoms in total. The molecule has 104 valence electrons. The van der Waals surface area contributed by atoms with E-state index in [4.69, 9.17) is 4.74 Å². The summed E-state index contributed by atoms with van der Waals surface area (Å²) in [6, 6.07) is 11.8. The number of likely N-dealkylation sites (tertiary alicyclic amines) is 1. The molecular weight excluding hydrogens is 270 g/mol. The number of carbonyl (C=O) groups excluding carboxylic acids is 1. The molecule has 0 bridgehead atoms. The van der Waals surface area contributed by atoms with Gasteiger partial charge in [-0.2, -0.15) is 0 Å². The smallest absolute Gasteiger partial charge is 0.258 e. The van der Waals surface area contributed by atoms with Crippen LogP contribution in [0.15, 0.2) is 41.8 Å². The van der Waals surface area contributed by atoms with Gasteiger partial charge in [0.1, 0.15) is 5.75 Å². The number of rotatable bonds is 3. The van der Waals surface area contributed by atoms with Gasteiger partial charge >= 0.3 is 0 Å². The first kappa shape index (κ1) is 13.2. The Morgan fingerprint density at radius 1 is 1.30 bits per heavy atom. The van der Waals surface area contributed by atoms with Crippen LogP contribution in [0.5, 0.6) is 5.75 Å². The Morgan fingerprint density at radius 2 is 2.15 bits per heavy atom. The van der Waals surface area contributed by atoms with Crippen molar-refractivity contribution >= 4 is 17.2 Å². The van der Waals surface area contributed by atoms with Gasteiger partial charge in [-0.1, -0.05) is 18.2 Å². The minimum absolute atomic E-state index is 0.0679. The number of ether oxygens (including phenoxy) is 1. The lowest BCUT2D eigenvalue weighted by Crippen LogP contribution is -2.30. The molecule has 2 heterocycles. The maximum absolute atomic E-state index is 12.8. The van der Waals surface area contributed by atoms with Crippen molar-refractivity contribution in [2.24, 2.45) is 0 Å². The topological polar surface area (TPSA) is 29.5 Å². The molecule has 1 aliphatic rings. The molecule has 1 amide bonds. The molecule has 0 saturated carbocycles. The Labute approximate surface area is 122 Å². The Morgan fingerprint density at radius 3 is 2.90 bits per heavy atom. The first-order valence-electron chi connectivity index (χ1n) is 6.78. The third-order valence-electron chi connectivity index (χ3n) is 3.72. The molecule has 20 heavy (non-hydrogen) atoms. The van der Waals surface area contributed by atoms with Crippen LogP contribution >= 0.6 is 11.3 Å². The van der Waals surface area contributed by atoms with Gasteiger partial charge < -0.3 is 9.64 Å². The summed E-state index contributed by atoms with van der Waals surface area (Å²) in [4.78, 5) is 16.0. The highest BCUT2D eigenvalue weighted by Gasteiger charge is 2.32. The van der Waals surface area contributed by atoms with E-state index in [1.54, 1.807) is 18.4 Å². The lowest BCUT2D eigenvalue weighted by molar-refractivity contribution is 0.0734. The summed E-state index contributed by atoms with van der Waals surface area (Å²) < 4.78 is 5.31. The van der Waals surface area contributed by atoms with E-state index in [0.29, 0.717) is 11.3 Å². The number of hydrogen-bond donors (Lipinski definition) is 0. The van der Waals surface area contributed by atoms with Crippen LogP contribution in [0.25, 0.3) is 0 Å². The predicted octanol–water partition coefficient (Wildman–Crippen LogP) is 3.73. The van der Waals surface area contributed by atoms with Crippen LogP contribution in [-0.4, -0.2) is 24.5 Å². The number of para-hydroxylation sites is 1. The molecule has 1 aromatic heterocycles. The summed E-state index contributed by atoms with van der Waals surface area (Å²) in [5.74, 6) is 0.715. The van der Waals surface area contributed by atoms with Crippen molar-refractivity contribution in [2.45, 2.75) is 18.9 Å². The number of thiophene rings is 1. The highest BCUT2D eigenvalue weighted by atomic mass is 32.1. The van der Waals surface area contributed by atoms with E-state index in [9.17, 15) is 4.79 Å². The standard InChI is InChI=1S/C16H17NO2S/c1-19-14-8-3-2-6-12(14)16(18)17-10-4-7-13(17)15-9-5-11-20-15/h2-3,5-6,8-9,11,13H,4,7,10H2,1H3. The van der Waals surface area contributed by atoms with Gasteiger partial charge in [-0.25, -0.2) is 0 Å². The third kappa shape index (κ3) is 2.31. The molecule has 4 heteroatoms. The second-order valence-corrected chi connectivity index (χ2v) is 5.85. The van der Waals surface area contributed by atoms with E-state index >= 15 is 0 Å². The van der Waals surface area contributed by atoms with Crippen LogP contribution < -0.4 is 4.74 Å². The normalized spacial score (nSPS) is 18.2. The summed E-state index contributed by atoms with van der Waals surface area (Å²) in [5.41, 5.74) is 0.651. The van der Waals surface area contributed by atoms with Crippen LogP contribution in [0.1, 0.15) is 34.1 Å². The van der Waals surface area contributed by atoms with E-state index in [1.807, 2.05) is 35.2 Å². The van der Waals surface area contributed by atoms with Gasteiger partial charge in [-0.15, -0.1) is 11.3 Å². The number of hydrogen-bond acceptors (Lipinski definition) is 3. The van der Waals surface area contributed by atoms with Crippen molar-refractivity contribution in [3.05, 3.63) is 52.2 Å². The average Bonchev–Trinajstić information content (AvgIpc) is 3.16. The molecule has 3 rings (SSSR count). The van der Waals surface area contributed by atoms with Crippen molar-refractivity contribution < 1.29 is 9.53 Å². The number of nitrogens with zero attached hydrogens (tertiary/aromatic N) is 1. The minimum atomic E-state index is 0.0679.